The summed E-state index contributed by atoms with van der Waals surface area (Å²) in [4.78, 5) is 22.1. The van der Waals surface area contributed by atoms with E-state index in [1.54, 1.807) is 16.9 Å². The van der Waals surface area contributed by atoms with Gasteiger partial charge in [-0.1, -0.05) is 0 Å². The van der Waals surface area contributed by atoms with Crippen molar-refractivity contribution < 1.29 is 23.0 Å². The second-order valence-corrected chi connectivity index (χ2v) is 8.02. The molecule has 0 N–H and O–H groups in total. The van der Waals surface area contributed by atoms with Gasteiger partial charge < -0.3 is 14.4 Å². The van der Waals surface area contributed by atoms with Crippen molar-refractivity contribution in [2.45, 2.75) is 51.1 Å². The van der Waals surface area contributed by atoms with Crippen LogP contribution in [0.4, 0.5) is 13.6 Å². The predicted molar refractivity (Wildman–Crippen MR) is 103 cm³/mol. The topological polar surface area (TPSA) is 82.4 Å². The third-order valence-electron chi connectivity index (χ3n) is 5.57. The number of hydrogen-bond donors (Lipinski definition) is 0. The van der Waals surface area contributed by atoms with Crippen LogP contribution in [0, 0.1) is 12.8 Å². The van der Waals surface area contributed by atoms with Crippen molar-refractivity contribution in [1.82, 2.24) is 24.6 Å². The highest BCUT2D eigenvalue weighted by molar-refractivity contribution is 5.68. The highest BCUT2D eigenvalue weighted by atomic mass is 19.3. The molecule has 0 radical (unpaired) electrons. The van der Waals surface area contributed by atoms with Crippen LogP contribution < -0.4 is 4.74 Å². The molecule has 2 fully saturated rings. The minimum absolute atomic E-state index is 0.0806. The van der Waals surface area contributed by atoms with Crippen LogP contribution in [0.15, 0.2) is 18.3 Å². The monoisotopic (exact) mass is 421 g/mol. The van der Waals surface area contributed by atoms with Crippen LogP contribution in [0.3, 0.4) is 0 Å². The van der Waals surface area contributed by atoms with Gasteiger partial charge >= 0.3 is 6.09 Å². The number of carbonyl (C=O) groups excluding carboxylic acids is 1. The lowest BCUT2D eigenvalue weighted by Crippen LogP contribution is -2.56. The zero-order chi connectivity index (χ0) is 21.3. The smallest absolute Gasteiger partial charge is 0.409 e. The maximum atomic E-state index is 13.5. The van der Waals surface area contributed by atoms with Gasteiger partial charge in [0, 0.05) is 25.1 Å². The number of alkyl halides is 2. The Morgan fingerprint density at radius 1 is 1.27 bits per heavy atom. The summed E-state index contributed by atoms with van der Waals surface area (Å²) >= 11 is 0. The second-order valence-electron chi connectivity index (χ2n) is 8.02. The van der Waals surface area contributed by atoms with E-state index in [1.807, 2.05) is 13.0 Å². The molecule has 1 saturated carbocycles. The standard InChI is InChI=1S/C20H25F2N5O3/c1-13-5-8-27(25-13)18-23-15(9-14-3-6-20(21,22)7-4-14)10-17(24-18)30-16-11-26(12-16)19(28)29-2/h5,8,10,14,16H,3-4,6-7,9,11-12H2,1-2H3. The molecule has 1 saturated heterocycles. The lowest BCUT2D eigenvalue weighted by atomic mass is 9.84. The lowest BCUT2D eigenvalue weighted by molar-refractivity contribution is -0.0457. The fraction of sp³-hybridized carbons (Fsp3) is 0.600. The Morgan fingerprint density at radius 3 is 2.63 bits per heavy atom. The second kappa shape index (κ2) is 8.16. The highest BCUT2D eigenvalue weighted by Crippen LogP contribution is 2.37. The molecule has 0 atom stereocenters. The fourth-order valence-corrected chi connectivity index (χ4v) is 3.81. The quantitative estimate of drug-likeness (QED) is 0.738. The maximum absolute atomic E-state index is 13.5. The number of methoxy groups -OCH3 is 1. The number of rotatable bonds is 5. The Morgan fingerprint density at radius 2 is 2.00 bits per heavy atom. The number of likely N-dealkylation sites (tertiary alicyclic amines) is 1. The molecule has 10 heteroatoms. The van der Waals surface area contributed by atoms with Gasteiger partial charge in [0.05, 0.1) is 31.6 Å². The minimum Gasteiger partial charge on any atom is -0.470 e. The average molecular weight is 421 g/mol. The summed E-state index contributed by atoms with van der Waals surface area (Å²) in [5, 5.41) is 4.36. The van der Waals surface area contributed by atoms with Gasteiger partial charge in [-0.2, -0.15) is 10.1 Å². The van der Waals surface area contributed by atoms with Crippen molar-refractivity contribution in [3.63, 3.8) is 0 Å². The van der Waals surface area contributed by atoms with E-state index in [-0.39, 0.29) is 31.0 Å². The molecule has 1 aliphatic carbocycles. The van der Waals surface area contributed by atoms with Crippen molar-refractivity contribution in [2.24, 2.45) is 5.92 Å². The van der Waals surface area contributed by atoms with Crippen LogP contribution in [0.2, 0.25) is 0 Å². The molecule has 2 aromatic heterocycles. The molecule has 30 heavy (non-hydrogen) atoms. The van der Waals surface area contributed by atoms with E-state index in [1.165, 1.54) is 12.0 Å². The van der Waals surface area contributed by atoms with Crippen LogP contribution in [0.25, 0.3) is 5.95 Å². The van der Waals surface area contributed by atoms with Crippen LogP contribution in [-0.2, 0) is 11.2 Å². The van der Waals surface area contributed by atoms with Crippen molar-refractivity contribution in [2.75, 3.05) is 20.2 Å². The third-order valence-corrected chi connectivity index (χ3v) is 5.57. The Labute approximate surface area is 173 Å². The largest absolute Gasteiger partial charge is 0.470 e. The van der Waals surface area contributed by atoms with Crippen molar-refractivity contribution in [3.05, 3.63) is 29.7 Å². The molecule has 1 aliphatic heterocycles. The van der Waals surface area contributed by atoms with Crippen molar-refractivity contribution >= 4 is 6.09 Å². The van der Waals surface area contributed by atoms with E-state index in [0.29, 0.717) is 44.2 Å². The van der Waals surface area contributed by atoms with Crippen LogP contribution >= 0.6 is 0 Å². The summed E-state index contributed by atoms with van der Waals surface area (Å²) in [6.45, 7) is 2.70. The molecule has 3 heterocycles. The molecule has 0 bridgehead atoms. The summed E-state index contributed by atoms with van der Waals surface area (Å²) in [6, 6.07) is 3.60. The van der Waals surface area contributed by atoms with E-state index in [4.69, 9.17) is 9.47 Å². The molecular formula is C20H25F2N5O3. The lowest BCUT2D eigenvalue weighted by Gasteiger charge is -2.37. The van der Waals surface area contributed by atoms with Crippen molar-refractivity contribution in [3.8, 4) is 11.8 Å². The number of carbonyl (C=O) groups is 1. The number of hydrogen-bond acceptors (Lipinski definition) is 6. The van der Waals surface area contributed by atoms with Crippen molar-refractivity contribution in [1.29, 1.82) is 0 Å². The SMILES string of the molecule is COC(=O)N1CC(Oc2cc(CC3CCC(F)(F)CC3)nc(-n3ccc(C)n3)n2)C1. The van der Waals surface area contributed by atoms with Gasteiger partial charge in [-0.05, 0) is 38.2 Å². The highest BCUT2D eigenvalue weighted by Gasteiger charge is 2.36. The first-order valence-electron chi connectivity index (χ1n) is 10.1. The fourth-order valence-electron chi connectivity index (χ4n) is 3.81. The van der Waals surface area contributed by atoms with Gasteiger partial charge in [0.25, 0.3) is 5.95 Å². The molecular weight excluding hydrogens is 396 g/mol. The zero-order valence-corrected chi connectivity index (χ0v) is 17.1. The normalized spacial score (nSPS) is 19.4. The van der Waals surface area contributed by atoms with E-state index in [2.05, 4.69) is 15.1 Å². The molecule has 2 aliphatic rings. The van der Waals surface area contributed by atoms with Gasteiger partial charge in [0.15, 0.2) is 0 Å². The number of ether oxygens (including phenoxy) is 2. The molecule has 0 spiro atoms. The van der Waals surface area contributed by atoms with Crippen LogP contribution in [0.5, 0.6) is 5.88 Å². The number of amides is 1. The minimum atomic E-state index is -2.55. The first-order valence-corrected chi connectivity index (χ1v) is 10.1. The Balaban J connectivity index is 1.49. The zero-order valence-electron chi connectivity index (χ0n) is 17.1. The molecule has 1 amide bonds. The summed E-state index contributed by atoms with van der Waals surface area (Å²) in [5.74, 6) is -1.64. The average Bonchev–Trinajstić information content (AvgIpc) is 3.12. The molecule has 4 rings (SSSR count). The van der Waals surface area contributed by atoms with E-state index >= 15 is 0 Å². The molecule has 162 valence electrons. The Kier molecular flexibility index (Phi) is 5.57. The number of halogens is 2. The van der Waals surface area contributed by atoms with Gasteiger partial charge in [-0.3, -0.25) is 0 Å². The molecule has 8 nitrogen and oxygen atoms in total. The summed E-state index contributed by atoms with van der Waals surface area (Å²) in [7, 11) is 1.34. The molecule has 0 aromatic carbocycles. The van der Waals surface area contributed by atoms with Gasteiger partial charge in [-0.15, -0.1) is 0 Å². The van der Waals surface area contributed by atoms with Gasteiger partial charge in [0.1, 0.15) is 6.10 Å². The molecule has 0 unspecified atom stereocenters. The van der Waals surface area contributed by atoms with Gasteiger partial charge in [-0.25, -0.2) is 23.2 Å². The Bertz CT molecular complexity index is 904. The van der Waals surface area contributed by atoms with Gasteiger partial charge in [0.2, 0.25) is 11.8 Å². The van der Waals surface area contributed by atoms with E-state index in [9.17, 15) is 13.6 Å². The number of aromatic nitrogens is 4. The van der Waals surface area contributed by atoms with Crippen LogP contribution in [0.1, 0.15) is 37.1 Å². The summed E-state index contributed by atoms with van der Waals surface area (Å²) in [6.07, 6.45) is 2.56. The number of aryl methyl sites for hydroxylation is 1. The first kappa shape index (κ1) is 20.5. The molecule has 2 aromatic rings. The maximum Gasteiger partial charge on any atom is 0.409 e. The summed E-state index contributed by atoms with van der Waals surface area (Å²) < 4.78 is 39.2. The van der Waals surface area contributed by atoms with Crippen LogP contribution in [-0.4, -0.2) is 63.0 Å². The van der Waals surface area contributed by atoms with E-state index in [0.717, 1.165) is 11.4 Å². The number of nitrogens with zero attached hydrogens (tertiary/aromatic N) is 5. The Hall–Kier alpha value is -2.78. The van der Waals surface area contributed by atoms with E-state index < -0.39 is 5.92 Å². The predicted octanol–water partition coefficient (Wildman–Crippen LogP) is 3.17. The summed E-state index contributed by atoms with van der Waals surface area (Å²) in [5.41, 5.74) is 1.57. The first-order chi connectivity index (χ1) is 14.3. The third kappa shape index (κ3) is 4.68.